The van der Waals surface area contributed by atoms with E-state index in [4.69, 9.17) is 5.73 Å². The van der Waals surface area contributed by atoms with Crippen LogP contribution in [0.1, 0.15) is 27.2 Å². The Morgan fingerprint density at radius 1 is 1.37 bits per heavy atom. The Kier molecular flexibility index (Phi) is 4.81. The molecule has 1 aliphatic rings. The molecule has 1 aromatic heterocycles. The zero-order valence-electron chi connectivity index (χ0n) is 12.3. The van der Waals surface area contributed by atoms with Gasteiger partial charge in [-0.15, -0.1) is 11.3 Å². The lowest BCUT2D eigenvalue weighted by Crippen LogP contribution is -2.59. The summed E-state index contributed by atoms with van der Waals surface area (Å²) in [5.41, 5.74) is 6.19. The molecular formula is C14H26N4S. The van der Waals surface area contributed by atoms with Gasteiger partial charge in [0, 0.05) is 49.8 Å². The molecule has 108 valence electrons. The molecule has 1 saturated heterocycles. The van der Waals surface area contributed by atoms with E-state index in [0.29, 0.717) is 5.92 Å². The third-order valence-corrected chi connectivity index (χ3v) is 4.85. The average molecular weight is 282 g/mol. The fourth-order valence-corrected chi connectivity index (χ4v) is 3.73. The number of piperazine rings is 1. The third kappa shape index (κ3) is 3.46. The van der Waals surface area contributed by atoms with Gasteiger partial charge in [0.25, 0.3) is 0 Å². The molecule has 1 atom stereocenters. The van der Waals surface area contributed by atoms with E-state index in [9.17, 15) is 0 Å². The SMILES string of the molecule is CC(C)CC(C)(CN)N1CCN(c2nccs2)CC1. The van der Waals surface area contributed by atoms with Gasteiger partial charge in [0.1, 0.15) is 0 Å². The van der Waals surface area contributed by atoms with E-state index in [1.165, 1.54) is 6.42 Å². The van der Waals surface area contributed by atoms with E-state index in [-0.39, 0.29) is 5.54 Å². The molecule has 1 unspecified atom stereocenters. The lowest BCUT2D eigenvalue weighted by atomic mass is 9.88. The largest absolute Gasteiger partial charge is 0.346 e. The van der Waals surface area contributed by atoms with Crippen LogP contribution in [0.2, 0.25) is 0 Å². The van der Waals surface area contributed by atoms with E-state index in [1.807, 2.05) is 11.6 Å². The maximum absolute atomic E-state index is 6.05. The zero-order valence-corrected chi connectivity index (χ0v) is 13.1. The summed E-state index contributed by atoms with van der Waals surface area (Å²) in [5.74, 6) is 0.686. The van der Waals surface area contributed by atoms with Crippen molar-refractivity contribution in [1.82, 2.24) is 9.88 Å². The average Bonchev–Trinajstić information content (AvgIpc) is 2.92. The summed E-state index contributed by atoms with van der Waals surface area (Å²) in [6.07, 6.45) is 3.05. The fraction of sp³-hybridized carbons (Fsp3) is 0.786. The minimum atomic E-state index is 0.142. The summed E-state index contributed by atoms with van der Waals surface area (Å²) < 4.78 is 0. The van der Waals surface area contributed by atoms with E-state index < -0.39 is 0 Å². The standard InChI is InChI=1S/C14H26N4S/c1-12(2)10-14(3,11-15)18-7-5-17(6-8-18)13-16-4-9-19-13/h4,9,12H,5-8,10-11,15H2,1-3H3. The van der Waals surface area contributed by atoms with Crippen LogP contribution < -0.4 is 10.6 Å². The number of aromatic nitrogens is 1. The van der Waals surface area contributed by atoms with Crippen molar-refractivity contribution in [2.75, 3.05) is 37.6 Å². The van der Waals surface area contributed by atoms with Gasteiger partial charge in [0.15, 0.2) is 5.13 Å². The summed E-state index contributed by atoms with van der Waals surface area (Å²) >= 11 is 1.73. The number of anilines is 1. The molecule has 19 heavy (non-hydrogen) atoms. The lowest BCUT2D eigenvalue weighted by molar-refractivity contribution is 0.0826. The number of nitrogens with two attached hydrogens (primary N) is 1. The molecule has 2 heterocycles. The normalized spacial score (nSPS) is 20.8. The van der Waals surface area contributed by atoms with Gasteiger partial charge >= 0.3 is 0 Å². The number of thiazole rings is 1. The molecule has 2 N–H and O–H groups in total. The van der Waals surface area contributed by atoms with Crippen LogP contribution in [0, 0.1) is 5.92 Å². The summed E-state index contributed by atoms with van der Waals surface area (Å²) in [6.45, 7) is 11.9. The number of hydrogen-bond donors (Lipinski definition) is 1. The molecular weight excluding hydrogens is 256 g/mol. The molecule has 0 amide bonds. The first kappa shape index (κ1) is 14.8. The van der Waals surface area contributed by atoms with Crippen LogP contribution in [0.5, 0.6) is 0 Å². The van der Waals surface area contributed by atoms with Gasteiger partial charge < -0.3 is 10.6 Å². The van der Waals surface area contributed by atoms with Gasteiger partial charge in [-0.1, -0.05) is 13.8 Å². The summed E-state index contributed by atoms with van der Waals surface area (Å²) in [7, 11) is 0. The van der Waals surface area contributed by atoms with Gasteiger partial charge in [-0.3, -0.25) is 4.90 Å². The molecule has 0 aromatic carbocycles. The van der Waals surface area contributed by atoms with Crippen molar-refractivity contribution >= 4 is 16.5 Å². The number of rotatable bonds is 5. The first-order valence-corrected chi connectivity index (χ1v) is 8.03. The van der Waals surface area contributed by atoms with E-state index in [2.05, 4.69) is 35.6 Å². The predicted octanol–water partition coefficient (Wildman–Crippen LogP) is 2.03. The second kappa shape index (κ2) is 6.20. The Morgan fingerprint density at radius 2 is 2.05 bits per heavy atom. The maximum Gasteiger partial charge on any atom is 0.185 e. The van der Waals surface area contributed by atoms with Crippen molar-refractivity contribution in [3.05, 3.63) is 11.6 Å². The van der Waals surface area contributed by atoms with Gasteiger partial charge in [0.05, 0.1) is 0 Å². The Balaban J connectivity index is 1.94. The van der Waals surface area contributed by atoms with Crippen molar-refractivity contribution in [3.63, 3.8) is 0 Å². The zero-order chi connectivity index (χ0) is 13.9. The third-order valence-electron chi connectivity index (χ3n) is 4.02. The lowest BCUT2D eigenvalue weighted by Gasteiger charge is -2.46. The Bertz CT molecular complexity index is 371. The van der Waals surface area contributed by atoms with E-state index in [0.717, 1.165) is 37.9 Å². The minimum absolute atomic E-state index is 0.142. The van der Waals surface area contributed by atoms with Crippen molar-refractivity contribution in [2.45, 2.75) is 32.7 Å². The fourth-order valence-electron chi connectivity index (χ4n) is 3.03. The monoisotopic (exact) mass is 282 g/mol. The highest BCUT2D eigenvalue weighted by Crippen LogP contribution is 2.26. The number of hydrogen-bond acceptors (Lipinski definition) is 5. The van der Waals surface area contributed by atoms with Gasteiger partial charge in [-0.05, 0) is 19.3 Å². The highest BCUT2D eigenvalue weighted by atomic mass is 32.1. The van der Waals surface area contributed by atoms with Crippen LogP contribution in [-0.2, 0) is 0 Å². The van der Waals surface area contributed by atoms with E-state index in [1.54, 1.807) is 11.3 Å². The quantitative estimate of drug-likeness (QED) is 0.897. The van der Waals surface area contributed by atoms with Gasteiger partial charge in [0.2, 0.25) is 0 Å². The van der Waals surface area contributed by atoms with Crippen molar-refractivity contribution in [1.29, 1.82) is 0 Å². The van der Waals surface area contributed by atoms with Gasteiger partial charge in [-0.2, -0.15) is 0 Å². The second-order valence-corrected chi connectivity index (χ2v) is 6.96. The molecule has 1 aromatic rings. The minimum Gasteiger partial charge on any atom is -0.346 e. The van der Waals surface area contributed by atoms with Crippen molar-refractivity contribution in [2.24, 2.45) is 11.7 Å². The van der Waals surface area contributed by atoms with E-state index >= 15 is 0 Å². The summed E-state index contributed by atoms with van der Waals surface area (Å²) in [4.78, 5) is 9.35. The molecule has 2 rings (SSSR count). The van der Waals surface area contributed by atoms with Crippen LogP contribution in [0.3, 0.4) is 0 Å². The molecule has 0 spiro atoms. The maximum atomic E-state index is 6.05. The highest BCUT2D eigenvalue weighted by Gasteiger charge is 2.33. The first-order chi connectivity index (χ1) is 9.05. The Morgan fingerprint density at radius 3 is 2.53 bits per heavy atom. The molecule has 0 saturated carbocycles. The van der Waals surface area contributed by atoms with Crippen LogP contribution in [0.25, 0.3) is 0 Å². The van der Waals surface area contributed by atoms with Crippen LogP contribution >= 0.6 is 11.3 Å². The molecule has 1 fully saturated rings. The predicted molar refractivity (Wildman–Crippen MR) is 82.8 cm³/mol. The molecule has 5 heteroatoms. The number of nitrogens with zero attached hydrogens (tertiary/aromatic N) is 3. The Hall–Kier alpha value is -0.650. The topological polar surface area (TPSA) is 45.4 Å². The molecule has 0 aliphatic carbocycles. The molecule has 0 bridgehead atoms. The van der Waals surface area contributed by atoms with Crippen LogP contribution in [-0.4, -0.2) is 48.1 Å². The summed E-state index contributed by atoms with van der Waals surface area (Å²) in [5, 5.41) is 3.20. The van der Waals surface area contributed by atoms with Crippen molar-refractivity contribution in [3.8, 4) is 0 Å². The first-order valence-electron chi connectivity index (χ1n) is 7.15. The molecule has 1 aliphatic heterocycles. The van der Waals surface area contributed by atoms with Crippen LogP contribution in [0.4, 0.5) is 5.13 Å². The van der Waals surface area contributed by atoms with Gasteiger partial charge in [-0.25, -0.2) is 4.98 Å². The van der Waals surface area contributed by atoms with Crippen molar-refractivity contribution < 1.29 is 0 Å². The highest BCUT2D eigenvalue weighted by molar-refractivity contribution is 7.13. The molecule has 4 nitrogen and oxygen atoms in total. The smallest absolute Gasteiger partial charge is 0.185 e. The Labute approximate surface area is 120 Å². The van der Waals surface area contributed by atoms with Crippen LogP contribution in [0.15, 0.2) is 11.6 Å². The summed E-state index contributed by atoms with van der Waals surface area (Å²) in [6, 6.07) is 0. The molecule has 0 radical (unpaired) electrons. The second-order valence-electron chi connectivity index (χ2n) is 6.09.